The molecule has 6 fully saturated rings. The van der Waals surface area contributed by atoms with Crippen LogP contribution < -0.4 is 0 Å². The lowest BCUT2D eigenvalue weighted by Gasteiger charge is -2.65. The Morgan fingerprint density at radius 2 is 1.72 bits per heavy atom. The van der Waals surface area contributed by atoms with Gasteiger partial charge in [-0.2, -0.15) is 0 Å². The number of hydrogen-bond acceptors (Lipinski definition) is 14. The van der Waals surface area contributed by atoms with Crippen LogP contribution in [0.3, 0.4) is 0 Å². The van der Waals surface area contributed by atoms with Crippen molar-refractivity contribution in [3.8, 4) is 0 Å². The highest BCUT2D eigenvalue weighted by molar-refractivity contribution is 5.85. The molecule has 7 aliphatic rings. The van der Waals surface area contributed by atoms with Crippen LogP contribution in [-0.2, 0) is 38.0 Å². The smallest absolute Gasteiger partial charge is 0.331 e. The summed E-state index contributed by atoms with van der Waals surface area (Å²) in [6.45, 7) is 3.57. The maximum Gasteiger partial charge on any atom is 0.331 e. The Bertz CT molecular complexity index is 1330. The average Bonchev–Trinajstić information content (AvgIpc) is 3.64. The first-order chi connectivity index (χ1) is 23.7. The molecule has 50 heavy (non-hydrogen) atoms. The highest BCUT2D eigenvalue weighted by Crippen LogP contribution is 2.70. The van der Waals surface area contributed by atoms with Crippen molar-refractivity contribution in [2.75, 3.05) is 20.3 Å². The van der Waals surface area contributed by atoms with Crippen molar-refractivity contribution < 1.29 is 68.6 Å². The quantitative estimate of drug-likeness (QED) is 0.113. The molecule has 0 aromatic carbocycles. The highest BCUT2D eigenvalue weighted by Gasteiger charge is 2.71. The molecule has 3 aliphatic heterocycles. The Labute approximate surface area is 292 Å². The molecule has 0 aromatic heterocycles. The summed E-state index contributed by atoms with van der Waals surface area (Å²) >= 11 is 0. The Hall–Kier alpha value is -1.56. The maximum absolute atomic E-state index is 13.2. The van der Waals surface area contributed by atoms with Crippen LogP contribution in [0.4, 0.5) is 0 Å². The Morgan fingerprint density at radius 3 is 2.40 bits per heavy atom. The predicted octanol–water partition coefficient (Wildman–Crippen LogP) is 0.258. The zero-order valence-corrected chi connectivity index (χ0v) is 29.1. The average molecular weight is 711 g/mol. The van der Waals surface area contributed by atoms with Crippen LogP contribution in [0, 0.1) is 28.6 Å². The second-order valence-corrected chi connectivity index (χ2v) is 16.3. The fourth-order valence-corrected chi connectivity index (χ4v) is 11.5. The third kappa shape index (κ3) is 5.55. The molecule has 282 valence electrons. The first kappa shape index (κ1) is 36.8. The first-order valence-electron chi connectivity index (χ1n) is 18.3. The van der Waals surface area contributed by atoms with E-state index in [1.54, 1.807) is 13.0 Å². The van der Waals surface area contributed by atoms with Crippen LogP contribution in [0.15, 0.2) is 11.6 Å². The summed E-state index contributed by atoms with van der Waals surface area (Å²) in [5.74, 6) is -0.635. The summed E-state index contributed by atoms with van der Waals surface area (Å²) in [5.41, 5.74) is -2.86. The Kier molecular flexibility index (Phi) is 9.84. The van der Waals surface area contributed by atoms with Crippen molar-refractivity contribution in [2.24, 2.45) is 28.6 Å². The zero-order valence-electron chi connectivity index (χ0n) is 29.1. The highest BCUT2D eigenvalue weighted by atomic mass is 16.7. The molecule has 14 nitrogen and oxygen atoms in total. The summed E-state index contributed by atoms with van der Waals surface area (Å²) in [7, 11) is 1.51. The molecule has 4 saturated carbocycles. The van der Waals surface area contributed by atoms with E-state index in [1.807, 2.05) is 0 Å². The Morgan fingerprint density at radius 1 is 0.960 bits per heavy atom. The van der Waals surface area contributed by atoms with Gasteiger partial charge in [-0.1, -0.05) is 6.92 Å². The largest absolute Gasteiger partial charge is 0.458 e. The van der Waals surface area contributed by atoms with Gasteiger partial charge in [0.15, 0.2) is 12.6 Å². The van der Waals surface area contributed by atoms with Gasteiger partial charge in [-0.15, -0.1) is 0 Å². The number of fused-ring (bicyclic) bond motifs is 5. The van der Waals surface area contributed by atoms with Crippen molar-refractivity contribution in [3.63, 3.8) is 0 Å². The molecule has 0 amide bonds. The van der Waals surface area contributed by atoms with Gasteiger partial charge in [0.25, 0.3) is 0 Å². The molecular formula is C36H54O14. The molecule has 0 radical (unpaired) electrons. The van der Waals surface area contributed by atoms with Crippen LogP contribution in [-0.4, -0.2) is 136 Å². The van der Waals surface area contributed by atoms with E-state index >= 15 is 0 Å². The van der Waals surface area contributed by atoms with Gasteiger partial charge in [-0.05, 0) is 81.6 Å². The van der Waals surface area contributed by atoms with Gasteiger partial charge in [-0.25, -0.2) is 4.79 Å². The molecule has 17 atom stereocenters. The molecule has 0 unspecified atom stereocenters. The number of ether oxygens (including phenoxy) is 6. The number of esters is 1. The van der Waals surface area contributed by atoms with Crippen LogP contribution in [0.1, 0.15) is 78.1 Å². The van der Waals surface area contributed by atoms with Gasteiger partial charge < -0.3 is 63.9 Å². The molecule has 0 bridgehead atoms. The minimum Gasteiger partial charge on any atom is -0.458 e. The van der Waals surface area contributed by atoms with Crippen molar-refractivity contribution in [1.82, 2.24) is 0 Å². The number of carbonyl (C=O) groups is 2. The number of hydrogen-bond donors (Lipinski definition) is 6. The topological polar surface area (TPSA) is 211 Å². The van der Waals surface area contributed by atoms with E-state index < -0.39 is 90.1 Å². The van der Waals surface area contributed by atoms with E-state index in [0.29, 0.717) is 44.9 Å². The minimum atomic E-state index is -1.58. The number of aliphatic hydroxyl groups excluding tert-OH is 4. The van der Waals surface area contributed by atoms with Crippen molar-refractivity contribution >= 4 is 12.3 Å². The second-order valence-electron chi connectivity index (χ2n) is 16.3. The number of cyclic esters (lactones) is 1. The molecule has 7 rings (SSSR count). The summed E-state index contributed by atoms with van der Waals surface area (Å²) < 4.78 is 35.2. The van der Waals surface area contributed by atoms with Gasteiger partial charge in [0.1, 0.15) is 43.4 Å². The van der Waals surface area contributed by atoms with Crippen LogP contribution in [0.5, 0.6) is 0 Å². The molecule has 4 aliphatic carbocycles. The predicted molar refractivity (Wildman–Crippen MR) is 171 cm³/mol. The van der Waals surface area contributed by atoms with Gasteiger partial charge >= 0.3 is 5.97 Å². The molecule has 6 N–H and O–H groups in total. The summed E-state index contributed by atoms with van der Waals surface area (Å²) in [5, 5.41) is 65.3. The number of aldehydes is 1. The summed E-state index contributed by atoms with van der Waals surface area (Å²) in [6.07, 6.45) is -2.52. The lowest BCUT2D eigenvalue weighted by atomic mass is 9.41. The van der Waals surface area contributed by atoms with Crippen molar-refractivity contribution in [2.45, 2.75) is 151 Å². The van der Waals surface area contributed by atoms with Crippen molar-refractivity contribution in [3.05, 3.63) is 11.6 Å². The SMILES string of the molecule is CO[C@H]1C[C@H](O[C@H]2CC[C@]3(C=O)[C@H]4CC[C@]5(C)[C@@H](C6=CC(=O)OC6)CC[C@]5(O)[C@@H]4CC[C@]3(O)C2)O[C@H](C)[C@@H]1O[C@@H]1O[C@H](CO)[C@@H](O)[C@H](O)[C@H]1O. The maximum atomic E-state index is 13.2. The van der Waals surface area contributed by atoms with Gasteiger partial charge in [-0.3, -0.25) is 0 Å². The summed E-state index contributed by atoms with van der Waals surface area (Å²) in [4.78, 5) is 25.1. The van der Waals surface area contributed by atoms with E-state index in [4.69, 9.17) is 28.4 Å². The molecule has 3 heterocycles. The molecule has 2 saturated heterocycles. The minimum absolute atomic E-state index is 0.0352. The van der Waals surface area contributed by atoms with Crippen LogP contribution in [0.2, 0.25) is 0 Å². The number of aliphatic hydroxyl groups is 6. The fourth-order valence-electron chi connectivity index (χ4n) is 11.5. The Balaban J connectivity index is 1.01. The van der Waals surface area contributed by atoms with Crippen molar-refractivity contribution in [1.29, 1.82) is 0 Å². The molecular weight excluding hydrogens is 656 g/mol. The normalized spacial score (nSPS) is 53.5. The second kappa shape index (κ2) is 13.4. The fraction of sp³-hybridized carbons (Fsp3) is 0.889. The third-order valence-corrected chi connectivity index (χ3v) is 14.2. The van der Waals surface area contributed by atoms with Gasteiger partial charge in [0, 0.05) is 31.4 Å². The van der Waals surface area contributed by atoms with Crippen LogP contribution in [0.25, 0.3) is 0 Å². The van der Waals surface area contributed by atoms with Gasteiger partial charge in [0.05, 0.1) is 41.5 Å². The van der Waals surface area contributed by atoms with E-state index in [2.05, 4.69) is 6.92 Å². The molecule has 14 heteroatoms. The lowest BCUT2D eigenvalue weighted by molar-refractivity contribution is -0.346. The van der Waals surface area contributed by atoms with E-state index in [9.17, 15) is 40.2 Å². The summed E-state index contributed by atoms with van der Waals surface area (Å²) in [6, 6.07) is 0. The number of carbonyl (C=O) groups excluding carboxylic acids is 2. The number of rotatable bonds is 8. The van der Waals surface area contributed by atoms with Gasteiger partial charge in [0.2, 0.25) is 0 Å². The monoisotopic (exact) mass is 710 g/mol. The molecule has 0 spiro atoms. The van der Waals surface area contributed by atoms with E-state index in [-0.39, 0.29) is 43.2 Å². The number of methoxy groups -OCH3 is 1. The standard InChI is InChI=1S/C36H54O14/c1-18-31(50-32-30(42)29(41)28(40)25(15-37)49-32)24(45-3)13-27(47-18)48-20-4-9-34(17-38)22-5-8-33(2)21(19-12-26(39)46-16-19)7-11-36(33,44)23(22)6-10-35(34,43)14-20/h12,17-18,20-25,27-32,37,40-44H,4-11,13-16H2,1-3H3/t18-,20+,21-,22+,23-,24+,25-,27+,28-,29+,30-,31+,32+,33-,34+,35+,36+/m1/s1. The van der Waals surface area contributed by atoms with E-state index in [1.165, 1.54) is 7.11 Å². The third-order valence-electron chi connectivity index (χ3n) is 14.2. The van der Waals surface area contributed by atoms with E-state index in [0.717, 1.165) is 18.3 Å². The lowest BCUT2D eigenvalue weighted by Crippen LogP contribution is -2.69. The molecule has 0 aromatic rings. The van der Waals surface area contributed by atoms with Crippen LogP contribution >= 0.6 is 0 Å². The first-order valence-corrected chi connectivity index (χ1v) is 18.3. The zero-order chi connectivity index (χ0) is 35.8.